The Morgan fingerprint density at radius 3 is 2.42 bits per heavy atom. The predicted octanol–water partition coefficient (Wildman–Crippen LogP) is 5.58. The zero-order chi connectivity index (χ0) is 13.8. The second-order valence-corrected chi connectivity index (χ2v) is 5.77. The molecule has 2 rings (SSSR count). The molecule has 0 fully saturated rings. The van der Waals surface area contributed by atoms with E-state index in [0.29, 0.717) is 15.6 Å². The van der Waals surface area contributed by atoms with Gasteiger partial charge in [-0.2, -0.15) is 5.26 Å². The van der Waals surface area contributed by atoms with Crippen molar-refractivity contribution in [3.05, 3.63) is 68.3 Å². The van der Waals surface area contributed by atoms with Gasteiger partial charge >= 0.3 is 0 Å². The third kappa shape index (κ3) is 3.30. The van der Waals surface area contributed by atoms with Crippen LogP contribution in [0.15, 0.2) is 48.5 Å². The molecular formula is C15H8Cl2IN. The van der Waals surface area contributed by atoms with Crippen molar-refractivity contribution in [3.8, 4) is 6.07 Å². The van der Waals surface area contributed by atoms with Crippen molar-refractivity contribution in [1.29, 1.82) is 5.26 Å². The maximum absolute atomic E-state index is 9.34. The van der Waals surface area contributed by atoms with Crippen LogP contribution in [0, 0.1) is 14.9 Å². The molecule has 0 radical (unpaired) electrons. The van der Waals surface area contributed by atoms with Crippen LogP contribution < -0.4 is 0 Å². The third-order valence-electron chi connectivity index (χ3n) is 2.56. The largest absolute Gasteiger partial charge is 0.192 e. The average molecular weight is 400 g/mol. The van der Waals surface area contributed by atoms with Gasteiger partial charge in [-0.15, -0.1) is 0 Å². The van der Waals surface area contributed by atoms with E-state index in [9.17, 15) is 5.26 Å². The number of nitriles is 1. The molecule has 0 aliphatic rings. The van der Waals surface area contributed by atoms with E-state index in [1.807, 2.05) is 36.4 Å². The van der Waals surface area contributed by atoms with Crippen LogP contribution >= 0.6 is 45.8 Å². The minimum atomic E-state index is 0.417. The summed E-state index contributed by atoms with van der Waals surface area (Å²) in [6.45, 7) is 0. The monoisotopic (exact) mass is 399 g/mol. The number of benzene rings is 2. The van der Waals surface area contributed by atoms with Gasteiger partial charge in [-0.25, -0.2) is 0 Å². The van der Waals surface area contributed by atoms with E-state index in [2.05, 4.69) is 28.7 Å². The van der Waals surface area contributed by atoms with Crippen LogP contribution in [-0.4, -0.2) is 0 Å². The molecule has 0 bridgehead atoms. The number of hydrogen-bond donors (Lipinski definition) is 0. The number of allylic oxidation sites excluding steroid dienone is 1. The molecule has 4 heteroatoms. The average Bonchev–Trinajstić information content (AvgIpc) is 2.43. The summed E-state index contributed by atoms with van der Waals surface area (Å²) in [4.78, 5) is 0. The van der Waals surface area contributed by atoms with Crippen molar-refractivity contribution in [2.75, 3.05) is 0 Å². The standard InChI is InChI=1S/C15H8Cl2IN/c16-11-6-7-14(18)12(8-11)15(17)13(9-19)10-4-2-1-3-5-10/h1-8H/b15-13-. The van der Waals surface area contributed by atoms with E-state index in [4.69, 9.17) is 23.2 Å². The van der Waals surface area contributed by atoms with Crippen LogP contribution in [0.4, 0.5) is 0 Å². The van der Waals surface area contributed by atoms with Crippen LogP contribution in [0.5, 0.6) is 0 Å². The van der Waals surface area contributed by atoms with Crippen LogP contribution in [-0.2, 0) is 0 Å². The van der Waals surface area contributed by atoms with Crippen LogP contribution in [0.1, 0.15) is 11.1 Å². The van der Waals surface area contributed by atoms with Crippen molar-refractivity contribution >= 4 is 56.4 Å². The lowest BCUT2D eigenvalue weighted by Crippen LogP contribution is -1.89. The molecule has 19 heavy (non-hydrogen) atoms. The van der Waals surface area contributed by atoms with E-state index in [1.54, 1.807) is 12.1 Å². The molecule has 0 heterocycles. The SMILES string of the molecule is N#C/C(=C(/Cl)c1cc(Cl)ccc1I)c1ccccc1. The van der Waals surface area contributed by atoms with E-state index < -0.39 is 0 Å². The summed E-state index contributed by atoms with van der Waals surface area (Å²) in [7, 11) is 0. The summed E-state index contributed by atoms with van der Waals surface area (Å²) in [5.74, 6) is 0. The first-order chi connectivity index (χ1) is 9.13. The molecule has 2 aromatic rings. The molecule has 0 atom stereocenters. The predicted molar refractivity (Wildman–Crippen MR) is 88.9 cm³/mol. The topological polar surface area (TPSA) is 23.8 Å². The van der Waals surface area contributed by atoms with Crippen molar-refractivity contribution in [2.45, 2.75) is 0 Å². The van der Waals surface area contributed by atoms with Gasteiger partial charge in [0, 0.05) is 14.2 Å². The van der Waals surface area contributed by atoms with Crippen LogP contribution in [0.2, 0.25) is 5.02 Å². The Morgan fingerprint density at radius 2 is 1.79 bits per heavy atom. The summed E-state index contributed by atoms with van der Waals surface area (Å²) in [6, 6.07) is 17.0. The molecule has 0 aliphatic heterocycles. The van der Waals surface area contributed by atoms with Crippen molar-refractivity contribution in [3.63, 3.8) is 0 Å². The van der Waals surface area contributed by atoms with Gasteiger partial charge in [-0.3, -0.25) is 0 Å². The zero-order valence-corrected chi connectivity index (χ0v) is 13.4. The minimum absolute atomic E-state index is 0.417. The fourth-order valence-corrected chi connectivity index (χ4v) is 2.89. The van der Waals surface area contributed by atoms with Crippen molar-refractivity contribution in [1.82, 2.24) is 0 Å². The lowest BCUT2D eigenvalue weighted by atomic mass is 10.0. The van der Waals surface area contributed by atoms with E-state index in [1.165, 1.54) is 0 Å². The highest BCUT2D eigenvalue weighted by Crippen LogP contribution is 2.33. The van der Waals surface area contributed by atoms with Gasteiger partial charge in [0.1, 0.15) is 6.07 Å². The zero-order valence-electron chi connectivity index (χ0n) is 9.70. The highest BCUT2D eigenvalue weighted by atomic mass is 127. The number of nitrogens with zero attached hydrogens (tertiary/aromatic N) is 1. The second-order valence-electron chi connectivity index (χ2n) is 3.79. The number of hydrogen-bond acceptors (Lipinski definition) is 1. The van der Waals surface area contributed by atoms with Gasteiger partial charge in [0.05, 0.1) is 10.6 Å². The molecule has 0 spiro atoms. The summed E-state index contributed by atoms with van der Waals surface area (Å²) in [6.07, 6.45) is 0. The van der Waals surface area contributed by atoms with Crippen LogP contribution in [0.3, 0.4) is 0 Å². The Hall–Kier alpha value is -1.02. The Balaban J connectivity index is 2.62. The summed E-state index contributed by atoms with van der Waals surface area (Å²) in [5.41, 5.74) is 2.02. The third-order valence-corrected chi connectivity index (χ3v) is 4.13. The van der Waals surface area contributed by atoms with Gasteiger partial charge in [0.2, 0.25) is 0 Å². The van der Waals surface area contributed by atoms with Crippen molar-refractivity contribution < 1.29 is 0 Å². The van der Waals surface area contributed by atoms with E-state index in [-0.39, 0.29) is 0 Å². The van der Waals surface area contributed by atoms with Crippen molar-refractivity contribution in [2.24, 2.45) is 0 Å². The lowest BCUT2D eigenvalue weighted by Gasteiger charge is -2.07. The highest BCUT2D eigenvalue weighted by molar-refractivity contribution is 14.1. The molecule has 0 aromatic heterocycles. The molecular weight excluding hydrogens is 392 g/mol. The molecule has 2 aromatic carbocycles. The van der Waals surface area contributed by atoms with Gasteiger partial charge in [-0.05, 0) is 46.4 Å². The van der Waals surface area contributed by atoms with Gasteiger partial charge in [0.15, 0.2) is 0 Å². The molecule has 0 N–H and O–H groups in total. The normalized spacial score (nSPS) is 11.7. The Labute approximate surface area is 135 Å². The number of halogens is 3. The summed E-state index contributed by atoms with van der Waals surface area (Å²) >= 11 is 14.5. The molecule has 0 amide bonds. The fourth-order valence-electron chi connectivity index (χ4n) is 1.65. The minimum Gasteiger partial charge on any atom is -0.192 e. The van der Waals surface area contributed by atoms with Gasteiger partial charge < -0.3 is 0 Å². The first kappa shape index (κ1) is 14.4. The molecule has 0 unspecified atom stereocenters. The maximum Gasteiger partial charge on any atom is 0.101 e. The highest BCUT2D eigenvalue weighted by Gasteiger charge is 2.12. The smallest absolute Gasteiger partial charge is 0.101 e. The molecule has 0 saturated heterocycles. The lowest BCUT2D eigenvalue weighted by molar-refractivity contribution is 1.52. The van der Waals surface area contributed by atoms with Gasteiger partial charge in [0.25, 0.3) is 0 Å². The quantitative estimate of drug-likeness (QED) is 0.367. The molecule has 0 saturated carbocycles. The fraction of sp³-hybridized carbons (Fsp3) is 0. The van der Waals surface area contributed by atoms with Gasteiger partial charge in [-0.1, -0.05) is 53.5 Å². The molecule has 94 valence electrons. The summed E-state index contributed by atoms with van der Waals surface area (Å²) in [5, 5.41) is 10.4. The molecule has 1 nitrogen and oxygen atoms in total. The second kappa shape index (κ2) is 6.42. The van der Waals surface area contributed by atoms with E-state index in [0.717, 1.165) is 14.7 Å². The van der Waals surface area contributed by atoms with E-state index >= 15 is 0 Å². The number of rotatable bonds is 2. The Kier molecular flexibility index (Phi) is 4.87. The van der Waals surface area contributed by atoms with Crippen LogP contribution in [0.25, 0.3) is 10.6 Å². The maximum atomic E-state index is 9.34. The Morgan fingerprint density at radius 1 is 1.11 bits per heavy atom. The first-order valence-electron chi connectivity index (χ1n) is 5.44. The molecule has 0 aliphatic carbocycles. The summed E-state index contributed by atoms with van der Waals surface area (Å²) < 4.78 is 0.954. The first-order valence-corrected chi connectivity index (χ1v) is 7.27. The Bertz CT molecular complexity index is 672.